The summed E-state index contributed by atoms with van der Waals surface area (Å²) in [7, 11) is 0. The first kappa shape index (κ1) is 9.82. The van der Waals surface area contributed by atoms with Gasteiger partial charge >= 0.3 is 0 Å². The van der Waals surface area contributed by atoms with Crippen molar-refractivity contribution in [1.29, 1.82) is 0 Å². The summed E-state index contributed by atoms with van der Waals surface area (Å²) in [6.45, 7) is 0. The maximum absolute atomic E-state index is 5.53. The van der Waals surface area contributed by atoms with Crippen LogP contribution in [0.2, 0.25) is 0 Å². The minimum absolute atomic E-state index is 0.688. The Hall–Kier alpha value is -0.270. The van der Waals surface area contributed by atoms with Gasteiger partial charge in [-0.25, -0.2) is 0 Å². The first-order chi connectivity index (χ1) is 5.83. The molecule has 0 saturated carbocycles. The molecule has 0 aliphatic carbocycles. The largest absolute Gasteiger partial charge is 0.126 e. The summed E-state index contributed by atoms with van der Waals surface area (Å²) in [5.74, 6) is 0.688. The molecule has 1 rings (SSSR count). The zero-order chi connectivity index (χ0) is 8.81. The number of alkyl halides is 1. The monoisotopic (exact) mass is 244 g/mol. The van der Waals surface area contributed by atoms with Crippen molar-refractivity contribution >= 4 is 33.6 Å². The van der Waals surface area contributed by atoms with Gasteiger partial charge in [0, 0.05) is 10.4 Å². The minimum Gasteiger partial charge on any atom is -0.126 e. The van der Waals surface area contributed by atoms with Gasteiger partial charge in [-0.05, 0) is 24.1 Å². The molecule has 0 bridgehead atoms. The molecule has 0 unspecified atom stereocenters. The van der Waals surface area contributed by atoms with Crippen LogP contribution in [0.1, 0.15) is 12.0 Å². The quantitative estimate of drug-likeness (QED) is 0.704. The Morgan fingerprint density at radius 1 is 1.25 bits per heavy atom. The fraction of sp³-hybridized carbons (Fsp3) is 0.200. The highest BCUT2D eigenvalue weighted by molar-refractivity contribution is 9.10. The van der Waals surface area contributed by atoms with Crippen molar-refractivity contribution in [2.24, 2.45) is 0 Å². The van der Waals surface area contributed by atoms with E-state index in [0.717, 1.165) is 10.9 Å². The molecular weight excluding hydrogens is 235 g/mol. The van der Waals surface area contributed by atoms with Crippen LogP contribution in [-0.2, 0) is 0 Å². The second kappa shape index (κ2) is 5.39. The summed E-state index contributed by atoms with van der Waals surface area (Å²) < 4.78 is 1.11. The zero-order valence-electron chi connectivity index (χ0n) is 6.63. The van der Waals surface area contributed by atoms with E-state index in [2.05, 4.69) is 40.2 Å². The van der Waals surface area contributed by atoms with Gasteiger partial charge in [0.05, 0.1) is 0 Å². The molecule has 0 atom stereocenters. The third kappa shape index (κ3) is 3.42. The number of rotatable bonds is 3. The molecule has 0 amide bonds. The zero-order valence-corrected chi connectivity index (χ0v) is 8.98. The molecule has 0 fully saturated rings. The molecule has 64 valence electrons. The van der Waals surface area contributed by atoms with Crippen molar-refractivity contribution < 1.29 is 0 Å². The Labute approximate surface area is 86.4 Å². The third-order valence-electron chi connectivity index (χ3n) is 1.46. The van der Waals surface area contributed by atoms with Gasteiger partial charge in [0.15, 0.2) is 0 Å². The number of hydrogen-bond acceptors (Lipinski definition) is 0. The van der Waals surface area contributed by atoms with Crippen LogP contribution in [0, 0.1) is 0 Å². The first-order valence-corrected chi connectivity index (χ1v) is 5.14. The molecule has 0 N–H and O–H groups in total. The van der Waals surface area contributed by atoms with Crippen LogP contribution in [0.5, 0.6) is 0 Å². The Morgan fingerprint density at radius 2 is 1.92 bits per heavy atom. The van der Waals surface area contributed by atoms with Gasteiger partial charge in [-0.1, -0.05) is 40.2 Å². The topological polar surface area (TPSA) is 0 Å². The van der Waals surface area contributed by atoms with E-state index in [4.69, 9.17) is 11.6 Å². The van der Waals surface area contributed by atoms with Gasteiger partial charge in [-0.15, -0.1) is 11.6 Å². The maximum Gasteiger partial charge on any atom is 0.0258 e. The molecule has 0 nitrogen and oxygen atoms in total. The van der Waals surface area contributed by atoms with Crippen LogP contribution in [0.3, 0.4) is 0 Å². The molecule has 1 aromatic carbocycles. The third-order valence-corrected chi connectivity index (χ3v) is 2.20. The standard InChI is InChI=1S/C10H10BrCl/c11-10-6-4-9(5-7-10)3-1-2-8-12/h1,3-7H,2,8H2. The Balaban J connectivity index is 2.58. The molecular formula is C10H10BrCl. The normalized spacial score (nSPS) is 10.8. The lowest BCUT2D eigenvalue weighted by Gasteiger charge is -1.92. The number of allylic oxidation sites excluding steroid dienone is 1. The van der Waals surface area contributed by atoms with Crippen LogP contribution in [-0.4, -0.2) is 5.88 Å². The average molecular weight is 246 g/mol. The van der Waals surface area contributed by atoms with Gasteiger partial charge in [0.1, 0.15) is 0 Å². The van der Waals surface area contributed by atoms with Crippen molar-refractivity contribution in [2.75, 3.05) is 5.88 Å². The first-order valence-electron chi connectivity index (χ1n) is 3.81. The van der Waals surface area contributed by atoms with Crippen LogP contribution in [0.25, 0.3) is 6.08 Å². The SMILES string of the molecule is ClCCC=Cc1ccc(Br)cc1. The average Bonchev–Trinajstić information content (AvgIpc) is 2.09. The van der Waals surface area contributed by atoms with Gasteiger partial charge in [0.25, 0.3) is 0 Å². The van der Waals surface area contributed by atoms with Crippen LogP contribution < -0.4 is 0 Å². The van der Waals surface area contributed by atoms with Crippen molar-refractivity contribution in [1.82, 2.24) is 0 Å². The van der Waals surface area contributed by atoms with Gasteiger partial charge in [0.2, 0.25) is 0 Å². The van der Waals surface area contributed by atoms with Gasteiger partial charge < -0.3 is 0 Å². The van der Waals surface area contributed by atoms with E-state index in [9.17, 15) is 0 Å². The summed E-state index contributed by atoms with van der Waals surface area (Å²) in [4.78, 5) is 0. The van der Waals surface area contributed by atoms with Crippen LogP contribution in [0.4, 0.5) is 0 Å². The summed E-state index contributed by atoms with van der Waals surface area (Å²) in [6, 6.07) is 8.18. The number of benzene rings is 1. The number of halogens is 2. The Bertz CT molecular complexity index is 251. The summed E-state index contributed by atoms with van der Waals surface area (Å²) in [5.41, 5.74) is 1.21. The minimum atomic E-state index is 0.688. The fourth-order valence-corrected chi connectivity index (χ4v) is 1.25. The summed E-state index contributed by atoms with van der Waals surface area (Å²) in [6.07, 6.45) is 5.09. The highest BCUT2D eigenvalue weighted by atomic mass is 79.9. The Kier molecular flexibility index (Phi) is 4.41. The molecule has 0 aromatic heterocycles. The molecule has 0 aliphatic heterocycles. The van der Waals surface area contributed by atoms with Crippen molar-refractivity contribution in [3.05, 3.63) is 40.4 Å². The molecule has 0 saturated heterocycles. The fourth-order valence-electron chi connectivity index (χ4n) is 0.856. The van der Waals surface area contributed by atoms with E-state index in [1.54, 1.807) is 0 Å². The van der Waals surface area contributed by atoms with E-state index >= 15 is 0 Å². The molecule has 0 heterocycles. The molecule has 0 radical (unpaired) electrons. The van der Waals surface area contributed by atoms with Crippen molar-refractivity contribution in [3.8, 4) is 0 Å². The van der Waals surface area contributed by atoms with Gasteiger partial charge in [-0.3, -0.25) is 0 Å². The molecule has 12 heavy (non-hydrogen) atoms. The highest BCUT2D eigenvalue weighted by Gasteiger charge is 1.86. The maximum atomic E-state index is 5.53. The summed E-state index contributed by atoms with van der Waals surface area (Å²) in [5, 5.41) is 0. The molecule has 0 aliphatic rings. The summed E-state index contributed by atoms with van der Waals surface area (Å²) >= 11 is 8.92. The number of hydrogen-bond donors (Lipinski definition) is 0. The van der Waals surface area contributed by atoms with E-state index < -0.39 is 0 Å². The van der Waals surface area contributed by atoms with E-state index in [-0.39, 0.29) is 0 Å². The lowest BCUT2D eigenvalue weighted by molar-refractivity contribution is 1.24. The second-order valence-electron chi connectivity index (χ2n) is 2.43. The van der Waals surface area contributed by atoms with E-state index in [1.807, 2.05) is 12.1 Å². The van der Waals surface area contributed by atoms with Crippen molar-refractivity contribution in [2.45, 2.75) is 6.42 Å². The second-order valence-corrected chi connectivity index (χ2v) is 3.73. The predicted molar refractivity (Wildman–Crippen MR) is 58.5 cm³/mol. The van der Waals surface area contributed by atoms with Crippen molar-refractivity contribution in [3.63, 3.8) is 0 Å². The predicted octanol–water partition coefficient (Wildman–Crippen LogP) is 4.09. The van der Waals surface area contributed by atoms with E-state index in [0.29, 0.717) is 5.88 Å². The van der Waals surface area contributed by atoms with Gasteiger partial charge in [-0.2, -0.15) is 0 Å². The molecule has 1 aromatic rings. The lowest BCUT2D eigenvalue weighted by atomic mass is 10.2. The van der Waals surface area contributed by atoms with Crippen LogP contribution in [0.15, 0.2) is 34.8 Å². The highest BCUT2D eigenvalue weighted by Crippen LogP contribution is 2.11. The van der Waals surface area contributed by atoms with Crippen LogP contribution >= 0.6 is 27.5 Å². The lowest BCUT2D eigenvalue weighted by Crippen LogP contribution is -1.71. The molecule has 0 spiro atoms. The smallest absolute Gasteiger partial charge is 0.0258 e. The molecule has 2 heteroatoms. The van der Waals surface area contributed by atoms with E-state index in [1.165, 1.54) is 5.56 Å². The Morgan fingerprint density at radius 3 is 2.50 bits per heavy atom.